The Labute approximate surface area is 290 Å². The predicted molar refractivity (Wildman–Crippen MR) is 159 cm³/mol. The molecule has 0 aromatic heterocycles. The average molecular weight is 751 g/mol. The monoisotopic (exact) mass is 750 g/mol. The van der Waals surface area contributed by atoms with E-state index < -0.39 is 161 Å². The molecule has 298 valence electrons. The van der Waals surface area contributed by atoms with Crippen LogP contribution in [0.15, 0.2) is 0 Å². The molecule has 51 heavy (non-hydrogen) atoms. The SMILES string of the molecule is CC(=O)N[C@H]1[C@H](O[C@H]2[C@@H](O)[C@@H](CO)O[C@@H](O[C@H]([C@H](O)[C@H](CO)NC(C)=O)[C@H](O)CO)[C@@H]2O)O[C@H](CO)[C@@H](O)[C@@H]1O[C@@H]1O[C@H](CO)[C@H](O)[C@H](O)[C@H]1O. The van der Waals surface area contributed by atoms with Gasteiger partial charge >= 0.3 is 0 Å². The summed E-state index contributed by atoms with van der Waals surface area (Å²) in [4.78, 5) is 23.9. The molecule has 0 radical (unpaired) electrons. The van der Waals surface area contributed by atoms with E-state index >= 15 is 0 Å². The van der Waals surface area contributed by atoms with Crippen LogP contribution in [0.4, 0.5) is 0 Å². The Kier molecular flexibility index (Phi) is 16.7. The average Bonchev–Trinajstić information content (AvgIpc) is 3.09. The van der Waals surface area contributed by atoms with Crippen molar-refractivity contribution < 1.29 is 104 Å². The van der Waals surface area contributed by atoms with Crippen molar-refractivity contribution in [2.45, 2.75) is 130 Å². The Morgan fingerprint density at radius 2 is 1.14 bits per heavy atom. The number of hydrogen-bond acceptors (Lipinski definition) is 21. The first-order valence-corrected chi connectivity index (χ1v) is 16.0. The molecule has 2 amide bonds. The molecule has 3 aliphatic heterocycles. The number of carbonyl (C=O) groups excluding carboxylic acids is 2. The summed E-state index contributed by atoms with van der Waals surface area (Å²) >= 11 is 0. The second kappa shape index (κ2) is 19.5. The number of aliphatic hydroxyl groups excluding tert-OH is 13. The Morgan fingerprint density at radius 3 is 1.65 bits per heavy atom. The lowest BCUT2D eigenvalue weighted by Gasteiger charge is -2.49. The maximum atomic E-state index is 12.3. The number of amides is 2. The summed E-state index contributed by atoms with van der Waals surface area (Å²) in [6, 6.07) is -3.10. The second-order valence-corrected chi connectivity index (χ2v) is 12.4. The van der Waals surface area contributed by atoms with Gasteiger partial charge in [0.1, 0.15) is 91.5 Å². The van der Waals surface area contributed by atoms with Crippen LogP contribution in [0.2, 0.25) is 0 Å². The van der Waals surface area contributed by atoms with E-state index in [-0.39, 0.29) is 0 Å². The van der Waals surface area contributed by atoms with Gasteiger partial charge in [-0.25, -0.2) is 0 Å². The van der Waals surface area contributed by atoms with Crippen LogP contribution in [-0.2, 0) is 38.0 Å². The van der Waals surface area contributed by atoms with Gasteiger partial charge in [0.2, 0.25) is 11.8 Å². The summed E-state index contributed by atoms with van der Waals surface area (Å²) in [6.07, 6.45) is -31.4. The third-order valence-electron chi connectivity index (χ3n) is 8.67. The van der Waals surface area contributed by atoms with Gasteiger partial charge in [0.15, 0.2) is 18.9 Å². The molecule has 0 aromatic rings. The normalized spacial score (nSPS) is 41.3. The minimum absolute atomic E-state index is 0.697. The van der Waals surface area contributed by atoms with Gasteiger partial charge in [-0.3, -0.25) is 9.59 Å². The van der Waals surface area contributed by atoms with E-state index in [1.54, 1.807) is 0 Å². The van der Waals surface area contributed by atoms with Crippen LogP contribution in [0.5, 0.6) is 0 Å². The Morgan fingerprint density at radius 1 is 0.627 bits per heavy atom. The fourth-order valence-corrected chi connectivity index (χ4v) is 5.94. The molecule has 0 spiro atoms. The van der Waals surface area contributed by atoms with Crippen molar-refractivity contribution >= 4 is 11.8 Å². The van der Waals surface area contributed by atoms with Crippen molar-refractivity contribution in [2.75, 3.05) is 33.0 Å². The van der Waals surface area contributed by atoms with E-state index in [1.165, 1.54) is 0 Å². The molecule has 23 nitrogen and oxygen atoms in total. The zero-order valence-electron chi connectivity index (χ0n) is 27.6. The zero-order chi connectivity index (χ0) is 38.3. The van der Waals surface area contributed by atoms with E-state index in [2.05, 4.69) is 10.6 Å². The van der Waals surface area contributed by atoms with E-state index in [0.29, 0.717) is 0 Å². The topological polar surface area (TPSA) is 377 Å². The molecular weight excluding hydrogens is 700 g/mol. The fourth-order valence-electron chi connectivity index (χ4n) is 5.94. The van der Waals surface area contributed by atoms with Crippen molar-refractivity contribution in [2.24, 2.45) is 0 Å². The summed E-state index contributed by atoms with van der Waals surface area (Å²) in [5.41, 5.74) is 0. The minimum Gasteiger partial charge on any atom is -0.394 e. The van der Waals surface area contributed by atoms with E-state index in [9.17, 15) is 76.0 Å². The van der Waals surface area contributed by atoms with Gasteiger partial charge in [-0.1, -0.05) is 0 Å². The maximum Gasteiger partial charge on any atom is 0.217 e. The first-order chi connectivity index (χ1) is 24.0. The van der Waals surface area contributed by atoms with Crippen LogP contribution in [0.1, 0.15) is 13.8 Å². The molecule has 15 N–H and O–H groups in total. The smallest absolute Gasteiger partial charge is 0.217 e. The van der Waals surface area contributed by atoms with Crippen molar-refractivity contribution in [3.05, 3.63) is 0 Å². The van der Waals surface area contributed by atoms with Crippen LogP contribution in [0, 0.1) is 0 Å². The molecular formula is C28H50N2O21. The highest BCUT2D eigenvalue weighted by atomic mass is 16.7. The van der Waals surface area contributed by atoms with Crippen LogP contribution in [0.3, 0.4) is 0 Å². The summed E-state index contributed by atoms with van der Waals surface area (Å²) in [6.45, 7) is -2.51. The van der Waals surface area contributed by atoms with Crippen molar-refractivity contribution in [1.29, 1.82) is 0 Å². The van der Waals surface area contributed by atoms with Gasteiger partial charge in [-0.2, -0.15) is 0 Å². The van der Waals surface area contributed by atoms with Crippen LogP contribution in [0.25, 0.3) is 0 Å². The quantitative estimate of drug-likeness (QED) is 0.0696. The van der Waals surface area contributed by atoms with Gasteiger partial charge in [0.25, 0.3) is 0 Å². The number of carbonyl (C=O) groups is 2. The minimum atomic E-state index is -2.12. The lowest BCUT2D eigenvalue weighted by atomic mass is 9.94. The Bertz CT molecular complexity index is 1090. The summed E-state index contributed by atoms with van der Waals surface area (Å²) in [5.74, 6) is -1.48. The number of nitrogens with one attached hydrogen (secondary N) is 2. The molecule has 0 aliphatic carbocycles. The number of aliphatic hydroxyl groups is 13. The molecule has 3 saturated heterocycles. The van der Waals surface area contributed by atoms with Crippen LogP contribution >= 0.6 is 0 Å². The molecule has 0 saturated carbocycles. The largest absolute Gasteiger partial charge is 0.394 e. The lowest BCUT2D eigenvalue weighted by molar-refractivity contribution is -0.371. The molecule has 0 unspecified atom stereocenters. The van der Waals surface area contributed by atoms with Crippen molar-refractivity contribution in [3.8, 4) is 0 Å². The molecule has 0 bridgehead atoms. The van der Waals surface area contributed by atoms with E-state index in [0.717, 1.165) is 13.8 Å². The Hall–Kier alpha value is -1.82. The van der Waals surface area contributed by atoms with Gasteiger partial charge in [0, 0.05) is 13.8 Å². The van der Waals surface area contributed by atoms with Crippen molar-refractivity contribution in [1.82, 2.24) is 10.6 Å². The van der Waals surface area contributed by atoms with E-state index in [4.69, 9.17) is 28.4 Å². The fraction of sp³-hybridized carbons (Fsp3) is 0.929. The highest BCUT2D eigenvalue weighted by Gasteiger charge is 2.55. The second-order valence-electron chi connectivity index (χ2n) is 12.4. The summed E-state index contributed by atoms with van der Waals surface area (Å²) in [7, 11) is 0. The Balaban J connectivity index is 1.95. The highest BCUT2D eigenvalue weighted by molar-refractivity contribution is 5.73. The zero-order valence-corrected chi connectivity index (χ0v) is 27.6. The molecule has 3 rings (SSSR count). The molecule has 3 heterocycles. The first kappa shape index (κ1) is 43.6. The molecule has 3 fully saturated rings. The first-order valence-electron chi connectivity index (χ1n) is 16.0. The van der Waals surface area contributed by atoms with Crippen molar-refractivity contribution in [3.63, 3.8) is 0 Å². The number of rotatable bonds is 16. The van der Waals surface area contributed by atoms with Crippen LogP contribution in [-0.4, -0.2) is 228 Å². The third kappa shape index (κ3) is 10.2. The van der Waals surface area contributed by atoms with Gasteiger partial charge < -0.3 is 105 Å². The third-order valence-corrected chi connectivity index (χ3v) is 8.67. The lowest BCUT2D eigenvalue weighted by Crippen LogP contribution is -2.70. The maximum absolute atomic E-state index is 12.3. The summed E-state index contributed by atoms with van der Waals surface area (Å²) in [5, 5.41) is 139. The van der Waals surface area contributed by atoms with Gasteiger partial charge in [0.05, 0.1) is 39.1 Å². The molecule has 3 aliphatic rings. The predicted octanol–water partition coefficient (Wildman–Crippen LogP) is -9.83. The summed E-state index contributed by atoms with van der Waals surface area (Å²) < 4.78 is 33.6. The van der Waals surface area contributed by atoms with E-state index in [1.807, 2.05) is 0 Å². The molecule has 0 aromatic carbocycles. The van der Waals surface area contributed by atoms with Crippen LogP contribution < -0.4 is 10.6 Å². The molecule has 19 atom stereocenters. The number of ether oxygens (including phenoxy) is 6. The van der Waals surface area contributed by atoms with Gasteiger partial charge in [-0.05, 0) is 0 Å². The highest BCUT2D eigenvalue weighted by Crippen LogP contribution is 2.33. The molecule has 23 heteroatoms. The van der Waals surface area contributed by atoms with Gasteiger partial charge in [-0.15, -0.1) is 0 Å². The standard InChI is InChI=1S/C28H50N2O21/c1-8(36)29-10(3-31)16(39)23(11(38)4-32)49-28-22(45)25(19(42)14(7-35)48-28)51-26-15(30-9(2)37)24(18(41)13(6-34)46-26)50-27-21(44)20(43)17(40)12(5-33)47-27/h10-28,31-35,38-45H,3-7H2,1-2H3,(H,29,36)(H,30,37)/t10-,11+,12+,13+,14+,15+,16+,17-,18+,19-,20-,21+,22+,23-,24+,25-,26-,27-,28-/m0/s1. The number of hydrogen-bond donors (Lipinski definition) is 15.